The maximum Gasteiger partial charge on any atom is 0.179 e. The van der Waals surface area contributed by atoms with Gasteiger partial charge in [-0.1, -0.05) is 279 Å². The first-order valence-electron chi connectivity index (χ1n) is 25.6. The zero-order chi connectivity index (χ0) is 50.0. The van der Waals surface area contributed by atoms with Crippen molar-refractivity contribution < 1.29 is 0 Å². The molecule has 2 aromatic heterocycles. The number of fused-ring (bicyclic) bond motifs is 3. The minimum Gasteiger partial charge on any atom is -0.309 e. The van der Waals surface area contributed by atoms with Crippen LogP contribution in [0.2, 0.25) is 0 Å². The van der Waals surface area contributed by atoms with Crippen LogP contribution >= 0.6 is 0 Å². The molecule has 0 atom stereocenters. The number of hydrogen-bond donors (Lipinski definition) is 0. The summed E-state index contributed by atoms with van der Waals surface area (Å²) in [4.78, 5) is 16.8. The van der Waals surface area contributed by atoms with Gasteiger partial charge in [0.15, 0.2) is 33.6 Å². The predicted molar refractivity (Wildman–Crippen MR) is 318 cm³/mol. The van der Waals surface area contributed by atoms with Crippen molar-refractivity contribution in [2.24, 2.45) is 0 Å². The maximum absolute atomic E-state index is 5.72. The summed E-state index contributed by atoms with van der Waals surface area (Å²) in [6, 6.07) is 111. The smallest absolute Gasteiger partial charge is 0.179 e. The Morgan fingerprint density at radius 1 is 0.253 bits per heavy atom. The number of rotatable bonds is 12. The fourth-order valence-corrected chi connectivity index (χ4v) is 21.5. The predicted octanol–water partition coefficient (Wildman–Crippen LogP) is 10.7. The Balaban J connectivity index is 1.19. The molecule has 0 unspecified atom stereocenters. The number of aromatic nitrogens is 4. The second-order valence-corrected chi connectivity index (χ2v) is 26.7. The Hall–Kier alpha value is -9.34. The van der Waals surface area contributed by atoms with Crippen LogP contribution in [0.1, 0.15) is 0 Å². The van der Waals surface area contributed by atoms with Crippen LogP contribution in [-0.4, -0.2) is 35.7 Å². The molecule has 0 aliphatic carbocycles. The summed E-state index contributed by atoms with van der Waals surface area (Å²) in [5.41, 5.74) is 6.09. The molecule has 0 bridgehead atoms. The highest BCUT2D eigenvalue weighted by Gasteiger charge is 2.46. The highest BCUT2D eigenvalue weighted by atomic mass is 28.3. The normalized spacial score (nSPS) is 11.7. The molecular weight excluding hydrogens is 941 g/mol. The zero-order valence-corrected chi connectivity index (χ0v) is 43.2. The standard InChI is InChI=1S/C69H50N4Si2/c1-9-28-51(29-10-1)67-70-68(72-69(71-67)63-45-27-47-65-66(63)62-44-25-26-46-64(62)73(65)53-30-11-2-12-31-53)52-48-60(74(54-32-13-3-14-33-54,55-34-15-4-16-35-55)56-36-17-5-18-37-56)50-61(49-52)75(57-38-19-6-20-39-57,58-40-21-7-22-41-58)59-42-23-8-24-43-59/h1-50H. The van der Waals surface area contributed by atoms with Crippen LogP contribution in [0, 0.1) is 0 Å². The molecule has 6 heteroatoms. The molecule has 0 amide bonds. The third kappa shape index (κ3) is 7.87. The first kappa shape index (κ1) is 45.5. The zero-order valence-electron chi connectivity index (χ0n) is 41.2. The van der Waals surface area contributed by atoms with E-state index in [9.17, 15) is 0 Å². The van der Waals surface area contributed by atoms with Crippen molar-refractivity contribution in [3.63, 3.8) is 0 Å². The van der Waals surface area contributed by atoms with Crippen molar-refractivity contribution in [1.82, 2.24) is 19.5 Å². The molecule has 0 radical (unpaired) electrons. The highest BCUT2D eigenvalue weighted by Crippen LogP contribution is 2.38. The molecule has 354 valence electrons. The van der Waals surface area contributed by atoms with Crippen LogP contribution in [0.4, 0.5) is 0 Å². The molecule has 4 nitrogen and oxygen atoms in total. The van der Waals surface area contributed by atoms with Crippen LogP contribution in [0.5, 0.6) is 0 Å². The van der Waals surface area contributed by atoms with Gasteiger partial charge in [-0.3, -0.25) is 0 Å². The maximum atomic E-state index is 5.72. The largest absolute Gasteiger partial charge is 0.309 e. The van der Waals surface area contributed by atoms with Crippen LogP contribution < -0.4 is 41.5 Å². The number of nitrogens with zero attached hydrogens (tertiary/aromatic N) is 4. The van der Waals surface area contributed by atoms with Crippen molar-refractivity contribution in [2.45, 2.75) is 0 Å². The van der Waals surface area contributed by atoms with Gasteiger partial charge in [0, 0.05) is 33.2 Å². The number of hydrogen-bond acceptors (Lipinski definition) is 3. The van der Waals surface area contributed by atoms with Crippen LogP contribution in [0.3, 0.4) is 0 Å². The van der Waals surface area contributed by atoms with Crippen molar-refractivity contribution in [1.29, 1.82) is 0 Å². The molecule has 13 rings (SSSR count). The van der Waals surface area contributed by atoms with Gasteiger partial charge in [0.25, 0.3) is 0 Å². The van der Waals surface area contributed by atoms with E-state index in [1.54, 1.807) is 0 Å². The summed E-state index contributed by atoms with van der Waals surface area (Å²) >= 11 is 0. The molecule has 75 heavy (non-hydrogen) atoms. The molecule has 0 N–H and O–H groups in total. The summed E-state index contributed by atoms with van der Waals surface area (Å²) in [6.07, 6.45) is 0. The van der Waals surface area contributed by atoms with Gasteiger partial charge in [-0.25, -0.2) is 15.0 Å². The van der Waals surface area contributed by atoms with E-state index in [2.05, 4.69) is 302 Å². The van der Waals surface area contributed by atoms with Crippen molar-refractivity contribution >= 4 is 79.4 Å². The molecular formula is C69H50N4Si2. The van der Waals surface area contributed by atoms with Gasteiger partial charge in [0.1, 0.15) is 0 Å². The molecule has 2 heterocycles. The SMILES string of the molecule is c1ccc(-c2nc(-c3cc([Si](c4ccccc4)(c4ccccc4)c4ccccc4)cc([Si](c4ccccc4)(c4ccccc4)c4ccccc4)c3)nc(-c3cccc4c3c3ccccc3n4-c3ccccc3)n2)cc1. The van der Waals surface area contributed by atoms with Gasteiger partial charge in [-0.2, -0.15) is 0 Å². The summed E-state index contributed by atoms with van der Waals surface area (Å²) in [5, 5.41) is 12.5. The molecule has 0 aliphatic heterocycles. The lowest BCUT2D eigenvalue weighted by Crippen LogP contribution is -2.78. The minimum absolute atomic E-state index is 0.611. The monoisotopic (exact) mass is 990 g/mol. The molecule has 0 aliphatic rings. The van der Waals surface area contributed by atoms with Crippen LogP contribution in [0.15, 0.2) is 303 Å². The fourth-order valence-electron chi connectivity index (χ4n) is 11.7. The second-order valence-electron chi connectivity index (χ2n) is 19.1. The molecule has 0 saturated carbocycles. The first-order valence-corrected chi connectivity index (χ1v) is 29.6. The number of benzene rings is 11. The van der Waals surface area contributed by atoms with Crippen molar-refractivity contribution in [2.75, 3.05) is 0 Å². The van der Waals surface area contributed by atoms with Gasteiger partial charge in [0.2, 0.25) is 0 Å². The van der Waals surface area contributed by atoms with Gasteiger partial charge < -0.3 is 4.57 Å². The van der Waals surface area contributed by atoms with E-state index in [1.807, 2.05) is 6.07 Å². The first-order chi connectivity index (χ1) is 37.2. The van der Waals surface area contributed by atoms with Gasteiger partial charge >= 0.3 is 0 Å². The molecule has 13 aromatic rings. The Labute approximate surface area is 439 Å². The quantitative estimate of drug-likeness (QED) is 0.0905. The van der Waals surface area contributed by atoms with E-state index in [4.69, 9.17) is 15.0 Å². The van der Waals surface area contributed by atoms with Crippen molar-refractivity contribution in [3.05, 3.63) is 303 Å². The summed E-state index contributed by atoms with van der Waals surface area (Å²) in [5.74, 6) is 1.84. The summed E-state index contributed by atoms with van der Waals surface area (Å²) < 4.78 is 2.35. The van der Waals surface area contributed by atoms with E-state index in [0.717, 1.165) is 44.2 Å². The highest BCUT2D eigenvalue weighted by molar-refractivity contribution is 7.22. The Morgan fingerprint density at radius 2 is 0.600 bits per heavy atom. The van der Waals surface area contributed by atoms with E-state index in [1.165, 1.54) is 41.5 Å². The average molecular weight is 991 g/mol. The van der Waals surface area contributed by atoms with Gasteiger partial charge in [0.05, 0.1) is 11.0 Å². The van der Waals surface area contributed by atoms with Crippen LogP contribution in [-0.2, 0) is 0 Å². The lowest BCUT2D eigenvalue weighted by atomic mass is 10.1. The van der Waals surface area contributed by atoms with Gasteiger partial charge in [-0.15, -0.1) is 0 Å². The fraction of sp³-hybridized carbons (Fsp3) is 0. The van der Waals surface area contributed by atoms with E-state index in [-0.39, 0.29) is 0 Å². The van der Waals surface area contributed by atoms with Crippen molar-refractivity contribution in [3.8, 4) is 39.9 Å². The summed E-state index contributed by atoms with van der Waals surface area (Å²) in [7, 11) is -6.36. The number of para-hydroxylation sites is 2. The third-order valence-corrected chi connectivity index (χ3v) is 24.4. The Bertz CT molecular complexity index is 3750. The Kier molecular flexibility index (Phi) is 11.9. The lowest BCUT2D eigenvalue weighted by Gasteiger charge is -2.38. The van der Waals surface area contributed by atoms with E-state index in [0.29, 0.717) is 17.5 Å². The molecule has 0 fully saturated rings. The van der Waals surface area contributed by atoms with E-state index < -0.39 is 16.1 Å². The van der Waals surface area contributed by atoms with E-state index >= 15 is 0 Å². The average Bonchev–Trinajstić information content (AvgIpc) is 3.86. The Morgan fingerprint density at radius 3 is 1.04 bits per heavy atom. The van der Waals surface area contributed by atoms with Crippen LogP contribution in [0.25, 0.3) is 61.7 Å². The molecule has 11 aromatic carbocycles. The topological polar surface area (TPSA) is 43.6 Å². The van der Waals surface area contributed by atoms with Gasteiger partial charge in [-0.05, 0) is 65.8 Å². The molecule has 0 spiro atoms. The second kappa shape index (κ2) is 19.6. The lowest BCUT2D eigenvalue weighted by molar-refractivity contribution is 1.08. The third-order valence-electron chi connectivity index (χ3n) is 14.9. The summed E-state index contributed by atoms with van der Waals surface area (Å²) in [6.45, 7) is 0. The molecule has 0 saturated heterocycles. The minimum atomic E-state index is -3.18.